The molecule has 0 aliphatic carbocycles. The number of nitrogens with zero attached hydrogens (tertiary/aromatic N) is 1. The summed E-state index contributed by atoms with van der Waals surface area (Å²) in [6.07, 6.45) is 0. The fraction of sp³-hybridized carbons (Fsp3) is 0.188. The van der Waals surface area contributed by atoms with E-state index in [0.717, 1.165) is 16.8 Å². The molecule has 0 bridgehead atoms. The minimum atomic E-state index is -0.301. The molecule has 0 heterocycles. The van der Waals surface area contributed by atoms with Gasteiger partial charge >= 0.3 is 0 Å². The van der Waals surface area contributed by atoms with E-state index in [9.17, 15) is 15.0 Å². The SMILES string of the molecule is Cc1cc(C)cc(N(C)C(=O)c2ccc(O)c(O)c2)c1. The highest BCUT2D eigenvalue weighted by Crippen LogP contribution is 2.26. The second kappa shape index (κ2) is 5.25. The van der Waals surface area contributed by atoms with Crippen molar-refractivity contribution in [2.24, 2.45) is 0 Å². The van der Waals surface area contributed by atoms with Crippen LogP contribution in [0, 0.1) is 13.8 Å². The van der Waals surface area contributed by atoms with Crippen molar-refractivity contribution < 1.29 is 15.0 Å². The van der Waals surface area contributed by atoms with Crippen molar-refractivity contribution in [3.8, 4) is 11.5 Å². The molecule has 4 nitrogen and oxygen atoms in total. The van der Waals surface area contributed by atoms with E-state index in [1.807, 2.05) is 32.0 Å². The maximum Gasteiger partial charge on any atom is 0.258 e. The van der Waals surface area contributed by atoms with Crippen LogP contribution in [-0.4, -0.2) is 23.2 Å². The molecule has 0 aliphatic heterocycles. The number of hydrogen-bond donors (Lipinski definition) is 2. The summed E-state index contributed by atoms with van der Waals surface area (Å²) in [4.78, 5) is 13.9. The summed E-state index contributed by atoms with van der Waals surface area (Å²) in [7, 11) is 1.68. The maximum absolute atomic E-state index is 12.4. The molecular formula is C16H17NO3. The molecule has 0 unspecified atom stereocenters. The van der Waals surface area contributed by atoms with Crippen LogP contribution in [0.2, 0.25) is 0 Å². The number of phenolic OH excluding ortho intramolecular Hbond substituents is 2. The maximum atomic E-state index is 12.4. The Bertz CT molecular complexity index is 645. The summed E-state index contributed by atoms with van der Waals surface area (Å²) < 4.78 is 0. The van der Waals surface area contributed by atoms with Crippen molar-refractivity contribution in [3.05, 3.63) is 53.1 Å². The number of carbonyl (C=O) groups is 1. The average molecular weight is 271 g/mol. The minimum Gasteiger partial charge on any atom is -0.504 e. The van der Waals surface area contributed by atoms with E-state index in [0.29, 0.717) is 5.56 Å². The van der Waals surface area contributed by atoms with Gasteiger partial charge in [0.25, 0.3) is 5.91 Å². The fourth-order valence-electron chi connectivity index (χ4n) is 2.11. The van der Waals surface area contributed by atoms with Gasteiger partial charge in [-0.3, -0.25) is 4.79 Å². The summed E-state index contributed by atoms with van der Waals surface area (Å²) in [5.41, 5.74) is 3.27. The van der Waals surface area contributed by atoms with Crippen LogP contribution < -0.4 is 4.90 Å². The number of benzene rings is 2. The standard InChI is InChI=1S/C16H17NO3/c1-10-6-11(2)8-13(7-10)17(3)16(20)12-4-5-14(18)15(19)9-12/h4-9,18-19H,1-3H3. The van der Waals surface area contributed by atoms with Crippen LogP contribution in [0.4, 0.5) is 5.69 Å². The largest absolute Gasteiger partial charge is 0.504 e. The fourth-order valence-corrected chi connectivity index (χ4v) is 2.11. The third-order valence-electron chi connectivity index (χ3n) is 3.12. The van der Waals surface area contributed by atoms with E-state index < -0.39 is 0 Å². The molecular weight excluding hydrogens is 254 g/mol. The number of amides is 1. The van der Waals surface area contributed by atoms with Crippen molar-refractivity contribution >= 4 is 11.6 Å². The normalized spacial score (nSPS) is 10.3. The first-order valence-electron chi connectivity index (χ1n) is 6.27. The Balaban J connectivity index is 2.34. The van der Waals surface area contributed by atoms with Crippen molar-refractivity contribution in [1.82, 2.24) is 0 Å². The Labute approximate surface area is 117 Å². The summed E-state index contributed by atoms with van der Waals surface area (Å²) in [6, 6.07) is 9.93. The van der Waals surface area contributed by atoms with Crippen molar-refractivity contribution in [2.75, 3.05) is 11.9 Å². The molecule has 0 saturated heterocycles. The molecule has 0 aliphatic rings. The quantitative estimate of drug-likeness (QED) is 0.825. The van der Waals surface area contributed by atoms with Gasteiger partial charge in [-0.05, 0) is 55.3 Å². The Morgan fingerprint density at radius 3 is 2.10 bits per heavy atom. The second-order valence-electron chi connectivity index (χ2n) is 4.91. The van der Waals surface area contributed by atoms with Crippen LogP contribution >= 0.6 is 0 Å². The number of phenols is 2. The number of aromatic hydroxyl groups is 2. The van der Waals surface area contributed by atoms with Crippen LogP contribution in [-0.2, 0) is 0 Å². The smallest absolute Gasteiger partial charge is 0.258 e. The van der Waals surface area contributed by atoms with Crippen LogP contribution in [0.15, 0.2) is 36.4 Å². The molecule has 104 valence electrons. The molecule has 0 fully saturated rings. The lowest BCUT2D eigenvalue weighted by Crippen LogP contribution is -2.26. The topological polar surface area (TPSA) is 60.8 Å². The molecule has 0 spiro atoms. The van der Waals surface area contributed by atoms with Gasteiger partial charge in [0.15, 0.2) is 11.5 Å². The Kier molecular flexibility index (Phi) is 3.66. The summed E-state index contributed by atoms with van der Waals surface area (Å²) in [5, 5.41) is 18.7. The lowest BCUT2D eigenvalue weighted by atomic mass is 10.1. The molecule has 0 aromatic heterocycles. The Morgan fingerprint density at radius 2 is 1.55 bits per heavy atom. The molecule has 0 saturated carbocycles. The molecule has 20 heavy (non-hydrogen) atoms. The average Bonchev–Trinajstić information content (AvgIpc) is 2.39. The highest BCUT2D eigenvalue weighted by atomic mass is 16.3. The number of anilines is 1. The highest BCUT2D eigenvalue weighted by Gasteiger charge is 2.15. The van der Waals surface area contributed by atoms with Crippen molar-refractivity contribution in [2.45, 2.75) is 13.8 Å². The molecule has 0 radical (unpaired) electrons. The van der Waals surface area contributed by atoms with Gasteiger partial charge in [0.1, 0.15) is 0 Å². The second-order valence-corrected chi connectivity index (χ2v) is 4.91. The number of carbonyl (C=O) groups excluding carboxylic acids is 1. The molecule has 2 aromatic carbocycles. The van der Waals surface area contributed by atoms with Crippen LogP contribution in [0.5, 0.6) is 11.5 Å². The van der Waals surface area contributed by atoms with E-state index in [4.69, 9.17) is 0 Å². The van der Waals surface area contributed by atoms with Gasteiger partial charge in [-0.25, -0.2) is 0 Å². The molecule has 1 amide bonds. The third kappa shape index (κ3) is 2.74. The minimum absolute atomic E-state index is 0.240. The molecule has 2 rings (SSSR count). The first-order valence-corrected chi connectivity index (χ1v) is 6.27. The lowest BCUT2D eigenvalue weighted by Gasteiger charge is -2.19. The van der Waals surface area contributed by atoms with Gasteiger partial charge in [0.2, 0.25) is 0 Å². The number of hydrogen-bond acceptors (Lipinski definition) is 3. The summed E-state index contributed by atoms with van der Waals surface area (Å²) in [6.45, 7) is 3.95. The van der Waals surface area contributed by atoms with Gasteiger partial charge in [-0.2, -0.15) is 0 Å². The van der Waals surface area contributed by atoms with Crippen molar-refractivity contribution in [1.29, 1.82) is 0 Å². The summed E-state index contributed by atoms with van der Waals surface area (Å²) in [5.74, 6) is -0.787. The number of aryl methyl sites for hydroxylation is 2. The van der Waals surface area contributed by atoms with E-state index >= 15 is 0 Å². The molecule has 2 aromatic rings. The predicted octanol–water partition coefficient (Wildman–Crippen LogP) is 2.99. The zero-order valence-electron chi connectivity index (χ0n) is 11.7. The van der Waals surface area contributed by atoms with Gasteiger partial charge in [0.05, 0.1) is 0 Å². The first-order chi connectivity index (χ1) is 9.38. The van der Waals surface area contributed by atoms with Gasteiger partial charge in [0, 0.05) is 18.3 Å². The predicted molar refractivity (Wildman–Crippen MR) is 78.4 cm³/mol. The van der Waals surface area contributed by atoms with E-state index in [1.54, 1.807) is 7.05 Å². The van der Waals surface area contributed by atoms with E-state index in [1.165, 1.54) is 23.1 Å². The monoisotopic (exact) mass is 271 g/mol. The van der Waals surface area contributed by atoms with Crippen LogP contribution in [0.25, 0.3) is 0 Å². The zero-order valence-corrected chi connectivity index (χ0v) is 11.7. The summed E-state index contributed by atoms with van der Waals surface area (Å²) >= 11 is 0. The van der Waals surface area contributed by atoms with Crippen LogP contribution in [0.3, 0.4) is 0 Å². The first kappa shape index (κ1) is 13.9. The third-order valence-corrected chi connectivity index (χ3v) is 3.12. The van der Waals surface area contributed by atoms with Crippen molar-refractivity contribution in [3.63, 3.8) is 0 Å². The molecule has 2 N–H and O–H groups in total. The van der Waals surface area contributed by atoms with E-state index in [-0.39, 0.29) is 17.4 Å². The number of rotatable bonds is 2. The molecule has 4 heteroatoms. The lowest BCUT2D eigenvalue weighted by molar-refractivity contribution is 0.0992. The molecule has 0 atom stereocenters. The zero-order chi connectivity index (χ0) is 14.9. The Hall–Kier alpha value is -2.49. The van der Waals surface area contributed by atoms with Gasteiger partial charge in [-0.15, -0.1) is 0 Å². The van der Waals surface area contributed by atoms with Crippen LogP contribution in [0.1, 0.15) is 21.5 Å². The Morgan fingerprint density at radius 1 is 0.950 bits per heavy atom. The van der Waals surface area contributed by atoms with Gasteiger partial charge in [-0.1, -0.05) is 6.07 Å². The van der Waals surface area contributed by atoms with Gasteiger partial charge < -0.3 is 15.1 Å². The van der Waals surface area contributed by atoms with E-state index in [2.05, 4.69) is 0 Å². The highest BCUT2D eigenvalue weighted by molar-refractivity contribution is 6.06.